The minimum absolute atomic E-state index is 0.0873. The van der Waals surface area contributed by atoms with E-state index in [4.69, 9.17) is 0 Å². The van der Waals surface area contributed by atoms with Crippen LogP contribution >= 0.6 is 0 Å². The third kappa shape index (κ3) is 2.46. The molecule has 0 atom stereocenters. The summed E-state index contributed by atoms with van der Waals surface area (Å²) in [7, 11) is 0. The van der Waals surface area contributed by atoms with Crippen LogP contribution in [0.4, 0.5) is 0 Å². The molecular formula is C17H19N5O2. The van der Waals surface area contributed by atoms with E-state index in [0.717, 1.165) is 36.8 Å². The number of carbonyl (C=O) groups is 1. The van der Waals surface area contributed by atoms with Gasteiger partial charge in [0.1, 0.15) is 0 Å². The molecule has 7 nitrogen and oxygen atoms in total. The van der Waals surface area contributed by atoms with Gasteiger partial charge in [0.2, 0.25) is 0 Å². The van der Waals surface area contributed by atoms with Gasteiger partial charge in [-0.3, -0.25) is 9.59 Å². The van der Waals surface area contributed by atoms with E-state index in [2.05, 4.69) is 20.6 Å². The number of aryl methyl sites for hydroxylation is 1. The molecule has 1 aliphatic carbocycles. The summed E-state index contributed by atoms with van der Waals surface area (Å²) in [6.07, 6.45) is 5.41. The molecule has 1 aliphatic rings. The van der Waals surface area contributed by atoms with Gasteiger partial charge in [0.05, 0.1) is 11.0 Å². The molecule has 2 N–H and O–H groups in total. The molecule has 4 rings (SSSR count). The van der Waals surface area contributed by atoms with Crippen LogP contribution in [0.5, 0.6) is 0 Å². The number of fused-ring (bicyclic) bond motifs is 3. The predicted molar refractivity (Wildman–Crippen MR) is 90.2 cm³/mol. The fourth-order valence-corrected chi connectivity index (χ4v) is 3.42. The fourth-order valence-electron chi connectivity index (χ4n) is 3.42. The van der Waals surface area contributed by atoms with Gasteiger partial charge in [0.25, 0.3) is 11.5 Å². The van der Waals surface area contributed by atoms with Gasteiger partial charge in [0.15, 0.2) is 11.2 Å². The third-order valence-corrected chi connectivity index (χ3v) is 4.67. The monoisotopic (exact) mass is 325 g/mol. The Morgan fingerprint density at radius 3 is 2.88 bits per heavy atom. The number of nitrogens with one attached hydrogen (secondary N) is 2. The maximum absolute atomic E-state index is 12.6. The Morgan fingerprint density at radius 2 is 2.08 bits per heavy atom. The number of rotatable bonds is 2. The fraction of sp³-hybridized carbons (Fsp3) is 0.412. The van der Waals surface area contributed by atoms with Gasteiger partial charge in [-0.1, -0.05) is 30.5 Å². The summed E-state index contributed by atoms with van der Waals surface area (Å²) in [5, 5.41) is 11.0. The molecule has 2 heterocycles. The Kier molecular flexibility index (Phi) is 3.55. The molecule has 1 fully saturated rings. The lowest BCUT2D eigenvalue weighted by Gasteiger charge is -2.22. The van der Waals surface area contributed by atoms with E-state index < -0.39 is 0 Å². The first kappa shape index (κ1) is 14.9. The standard InChI is InChI=1S/C17H19N5O2/c1-10-7-8-13-12(9-10)19-17(24)15-14(20-21-22(13)15)16(23)18-11-5-3-2-4-6-11/h7-9,11H,2-6H2,1H3,(H,18,23)(H,19,24). The number of hydrogen-bond donors (Lipinski definition) is 2. The van der Waals surface area contributed by atoms with Crippen molar-refractivity contribution in [2.75, 3.05) is 0 Å². The van der Waals surface area contributed by atoms with Crippen LogP contribution in [0, 0.1) is 6.92 Å². The number of benzene rings is 1. The second kappa shape index (κ2) is 5.74. The summed E-state index contributed by atoms with van der Waals surface area (Å²) in [6, 6.07) is 5.83. The molecule has 0 aliphatic heterocycles. The zero-order chi connectivity index (χ0) is 16.7. The van der Waals surface area contributed by atoms with Gasteiger partial charge in [-0.2, -0.15) is 0 Å². The Balaban J connectivity index is 1.78. The molecule has 1 aromatic carbocycles. The van der Waals surface area contributed by atoms with Gasteiger partial charge in [0, 0.05) is 6.04 Å². The number of aromatic nitrogens is 4. The lowest BCUT2D eigenvalue weighted by molar-refractivity contribution is 0.0924. The first-order chi connectivity index (χ1) is 11.6. The number of hydrogen-bond acceptors (Lipinski definition) is 4. The van der Waals surface area contributed by atoms with Crippen molar-refractivity contribution >= 4 is 22.5 Å². The minimum Gasteiger partial charge on any atom is -0.348 e. The van der Waals surface area contributed by atoms with Gasteiger partial charge in [-0.25, -0.2) is 4.52 Å². The van der Waals surface area contributed by atoms with Crippen molar-refractivity contribution in [2.24, 2.45) is 0 Å². The molecule has 124 valence electrons. The molecule has 7 heteroatoms. The molecule has 0 unspecified atom stereocenters. The van der Waals surface area contributed by atoms with E-state index in [0.29, 0.717) is 5.52 Å². The number of H-pyrrole nitrogens is 1. The Morgan fingerprint density at radius 1 is 1.29 bits per heavy atom. The number of aromatic amines is 1. The van der Waals surface area contributed by atoms with Crippen LogP contribution in [-0.2, 0) is 0 Å². The van der Waals surface area contributed by atoms with Gasteiger partial charge >= 0.3 is 0 Å². The first-order valence-electron chi connectivity index (χ1n) is 8.32. The van der Waals surface area contributed by atoms with E-state index in [1.165, 1.54) is 10.9 Å². The van der Waals surface area contributed by atoms with Crippen LogP contribution < -0.4 is 10.9 Å². The van der Waals surface area contributed by atoms with Crippen molar-refractivity contribution in [3.8, 4) is 0 Å². The normalized spacial score (nSPS) is 15.9. The van der Waals surface area contributed by atoms with E-state index >= 15 is 0 Å². The van der Waals surface area contributed by atoms with Crippen LogP contribution in [-0.4, -0.2) is 31.8 Å². The maximum Gasteiger partial charge on any atom is 0.277 e. The molecule has 3 aromatic rings. The van der Waals surface area contributed by atoms with Gasteiger partial charge in [-0.15, -0.1) is 5.10 Å². The second-order valence-electron chi connectivity index (χ2n) is 6.48. The molecule has 0 saturated heterocycles. The van der Waals surface area contributed by atoms with E-state index in [9.17, 15) is 9.59 Å². The summed E-state index contributed by atoms with van der Waals surface area (Å²) in [5.74, 6) is -0.325. The Bertz CT molecular complexity index is 982. The summed E-state index contributed by atoms with van der Waals surface area (Å²) >= 11 is 0. The largest absolute Gasteiger partial charge is 0.348 e. The molecule has 2 aromatic heterocycles. The van der Waals surface area contributed by atoms with Crippen molar-refractivity contribution in [3.05, 3.63) is 39.8 Å². The molecule has 1 saturated carbocycles. The Labute approximate surface area is 138 Å². The van der Waals surface area contributed by atoms with Crippen molar-refractivity contribution < 1.29 is 4.79 Å². The highest BCUT2D eigenvalue weighted by atomic mass is 16.2. The average Bonchev–Trinajstić information content (AvgIpc) is 3.01. The topological polar surface area (TPSA) is 92.1 Å². The molecule has 0 spiro atoms. The van der Waals surface area contributed by atoms with E-state index in [1.807, 2.05) is 25.1 Å². The van der Waals surface area contributed by atoms with Crippen molar-refractivity contribution in [3.63, 3.8) is 0 Å². The van der Waals surface area contributed by atoms with E-state index in [-0.39, 0.29) is 28.7 Å². The van der Waals surface area contributed by atoms with Crippen molar-refractivity contribution in [1.29, 1.82) is 0 Å². The molecule has 0 bridgehead atoms. The van der Waals surface area contributed by atoms with Crippen LogP contribution in [0.2, 0.25) is 0 Å². The molecule has 24 heavy (non-hydrogen) atoms. The summed E-state index contributed by atoms with van der Waals surface area (Å²) < 4.78 is 1.45. The Hall–Kier alpha value is -2.70. The highest BCUT2D eigenvalue weighted by Crippen LogP contribution is 2.18. The van der Waals surface area contributed by atoms with Crippen molar-refractivity contribution in [2.45, 2.75) is 45.1 Å². The SMILES string of the molecule is Cc1ccc2c(c1)[nH]c(=O)c1c(C(=O)NC3CCCCC3)nnn12. The summed E-state index contributed by atoms with van der Waals surface area (Å²) in [6.45, 7) is 1.95. The number of nitrogens with zero attached hydrogens (tertiary/aromatic N) is 3. The zero-order valence-electron chi connectivity index (χ0n) is 13.5. The molecular weight excluding hydrogens is 306 g/mol. The highest BCUT2D eigenvalue weighted by Gasteiger charge is 2.23. The van der Waals surface area contributed by atoms with Crippen molar-refractivity contribution in [1.82, 2.24) is 25.1 Å². The van der Waals surface area contributed by atoms with Crippen LogP contribution in [0.25, 0.3) is 16.6 Å². The lowest BCUT2D eigenvalue weighted by atomic mass is 9.95. The number of carbonyl (C=O) groups excluding carboxylic acids is 1. The third-order valence-electron chi connectivity index (χ3n) is 4.67. The summed E-state index contributed by atoms with van der Waals surface area (Å²) in [5.41, 5.74) is 2.36. The summed E-state index contributed by atoms with van der Waals surface area (Å²) in [4.78, 5) is 27.8. The molecule has 0 radical (unpaired) electrons. The first-order valence-corrected chi connectivity index (χ1v) is 8.32. The lowest BCUT2D eigenvalue weighted by Crippen LogP contribution is -2.36. The van der Waals surface area contributed by atoms with Crippen LogP contribution in [0.1, 0.15) is 48.2 Å². The second-order valence-corrected chi connectivity index (χ2v) is 6.48. The highest BCUT2D eigenvalue weighted by molar-refractivity contribution is 5.99. The van der Waals surface area contributed by atoms with Gasteiger partial charge in [-0.05, 0) is 37.5 Å². The average molecular weight is 325 g/mol. The smallest absolute Gasteiger partial charge is 0.277 e. The number of amides is 1. The maximum atomic E-state index is 12.6. The quantitative estimate of drug-likeness (QED) is 0.753. The van der Waals surface area contributed by atoms with Gasteiger partial charge < -0.3 is 10.3 Å². The van der Waals surface area contributed by atoms with Crippen LogP contribution in [0.15, 0.2) is 23.0 Å². The van der Waals surface area contributed by atoms with E-state index in [1.54, 1.807) is 0 Å². The zero-order valence-corrected chi connectivity index (χ0v) is 13.5. The minimum atomic E-state index is -0.355. The molecule has 1 amide bonds. The predicted octanol–water partition coefficient (Wildman–Crippen LogP) is 1.94. The van der Waals surface area contributed by atoms with Crippen LogP contribution in [0.3, 0.4) is 0 Å².